The maximum absolute atomic E-state index is 15.1. The molecule has 13 heteroatoms. The average Bonchev–Trinajstić information content (AvgIpc) is 3.67. The lowest BCUT2D eigenvalue weighted by atomic mass is 9.75. The number of rotatable bonds is 8. The number of aliphatic imine (C=N–C) groups is 1. The predicted octanol–water partition coefficient (Wildman–Crippen LogP) is 8.23. The molecule has 0 saturated heterocycles. The van der Waals surface area contributed by atoms with Crippen LogP contribution in [0.1, 0.15) is 74.8 Å². The molecule has 3 heterocycles. The Labute approximate surface area is 293 Å². The molecule has 0 fully saturated rings. The van der Waals surface area contributed by atoms with Crippen LogP contribution < -0.4 is 5.32 Å². The molecule has 2 amide bonds. The van der Waals surface area contributed by atoms with Gasteiger partial charge in [-0.2, -0.15) is 5.10 Å². The van der Waals surface area contributed by atoms with Crippen molar-refractivity contribution in [2.24, 2.45) is 10.4 Å². The van der Waals surface area contributed by atoms with Crippen LogP contribution in [0.25, 0.3) is 16.5 Å². The molecule has 0 saturated carbocycles. The van der Waals surface area contributed by atoms with Crippen molar-refractivity contribution in [2.75, 3.05) is 0 Å². The normalized spacial score (nSPS) is 16.9. The van der Waals surface area contributed by atoms with Crippen molar-refractivity contribution in [3.05, 3.63) is 119 Å². The zero-order valence-electron chi connectivity index (χ0n) is 28.2. The van der Waals surface area contributed by atoms with Crippen LogP contribution in [0.15, 0.2) is 90.3 Å². The molecule has 0 bridgehead atoms. The lowest BCUT2D eigenvalue weighted by Gasteiger charge is -2.34. The number of benzene rings is 3. The Morgan fingerprint density at radius 1 is 1.04 bits per heavy atom. The molecular formula is C37H36ClF2N7O3. The molecule has 0 unspecified atom stereocenters. The first-order chi connectivity index (χ1) is 23.8. The topological polar surface area (TPSA) is 115 Å². The Hall–Kier alpha value is -5.23. The number of nitrogens with one attached hydrogen (secondary N) is 1. The van der Waals surface area contributed by atoms with Crippen LogP contribution in [0.5, 0.6) is 0 Å². The first-order valence-electron chi connectivity index (χ1n) is 16.0. The molecule has 10 nitrogen and oxygen atoms in total. The molecule has 1 N–H and O–H groups in total. The largest absolute Gasteiger partial charge is 0.444 e. The van der Waals surface area contributed by atoms with Crippen molar-refractivity contribution in [2.45, 2.75) is 65.7 Å². The van der Waals surface area contributed by atoms with Gasteiger partial charge in [0.05, 0.1) is 16.8 Å². The van der Waals surface area contributed by atoms with Gasteiger partial charge in [0.25, 0.3) is 12.3 Å². The smallest absolute Gasteiger partial charge is 0.414 e. The fourth-order valence-corrected chi connectivity index (χ4v) is 6.52. The summed E-state index contributed by atoms with van der Waals surface area (Å²) in [5.41, 5.74) is 1.11. The summed E-state index contributed by atoms with van der Waals surface area (Å²) < 4.78 is 34.1. The summed E-state index contributed by atoms with van der Waals surface area (Å²) in [6.07, 6.45) is -0.668. The number of ether oxygens (including phenoxy) is 1. The van der Waals surface area contributed by atoms with Gasteiger partial charge in [-0.3, -0.25) is 20.0 Å². The van der Waals surface area contributed by atoms with E-state index >= 15 is 4.79 Å². The van der Waals surface area contributed by atoms with Gasteiger partial charge in [-0.05, 0) is 72.0 Å². The number of amides is 2. The Morgan fingerprint density at radius 2 is 1.80 bits per heavy atom. The Kier molecular flexibility index (Phi) is 9.41. The van der Waals surface area contributed by atoms with Crippen molar-refractivity contribution in [3.8, 4) is 5.69 Å². The average molecular weight is 700 g/mol. The Bertz CT molecular complexity index is 2100. The van der Waals surface area contributed by atoms with E-state index in [0.29, 0.717) is 17.5 Å². The third-order valence-corrected chi connectivity index (χ3v) is 8.91. The van der Waals surface area contributed by atoms with E-state index in [4.69, 9.17) is 21.3 Å². The predicted molar refractivity (Wildman–Crippen MR) is 186 cm³/mol. The van der Waals surface area contributed by atoms with Crippen LogP contribution in [0, 0.1) is 12.3 Å². The van der Waals surface area contributed by atoms with Crippen LogP contribution in [-0.2, 0) is 21.7 Å². The summed E-state index contributed by atoms with van der Waals surface area (Å²) >= 11 is 6.48. The van der Waals surface area contributed by atoms with E-state index in [9.17, 15) is 13.6 Å². The van der Waals surface area contributed by atoms with Crippen LogP contribution in [0.2, 0.25) is 5.02 Å². The molecule has 0 aliphatic carbocycles. The summed E-state index contributed by atoms with van der Waals surface area (Å²) in [6, 6.07) is 20.9. The number of alkyl carbamates (subject to hydrolysis) is 1. The van der Waals surface area contributed by atoms with Gasteiger partial charge in [0.1, 0.15) is 12.9 Å². The number of halogens is 3. The number of carbonyl (C=O) groups excluding carboxylic acids is 2. The monoisotopic (exact) mass is 699 g/mol. The zero-order chi connectivity index (χ0) is 35.8. The van der Waals surface area contributed by atoms with Gasteiger partial charge in [0, 0.05) is 17.3 Å². The minimum absolute atomic E-state index is 0.000428. The van der Waals surface area contributed by atoms with E-state index < -0.39 is 35.3 Å². The van der Waals surface area contributed by atoms with E-state index in [1.54, 1.807) is 31.3 Å². The first kappa shape index (κ1) is 34.6. The quantitative estimate of drug-likeness (QED) is 0.175. The number of aryl methyl sites for hydroxylation is 1. The van der Waals surface area contributed by atoms with Crippen LogP contribution in [-0.4, -0.2) is 42.6 Å². The highest BCUT2D eigenvalue weighted by atomic mass is 35.5. The summed E-state index contributed by atoms with van der Waals surface area (Å²) in [7, 11) is 0. The van der Waals surface area contributed by atoms with E-state index in [0.717, 1.165) is 33.0 Å². The first-order valence-corrected chi connectivity index (χ1v) is 16.4. The van der Waals surface area contributed by atoms with Crippen molar-refractivity contribution in [3.63, 3.8) is 0 Å². The molecule has 258 valence electrons. The molecule has 1 aliphatic heterocycles. The number of guanidine groups is 1. The minimum atomic E-state index is -2.90. The van der Waals surface area contributed by atoms with E-state index in [1.807, 2.05) is 82.3 Å². The fraction of sp³-hybridized carbons (Fsp3) is 0.297. The standard InChI is InChI=1S/C37H36ClF2N7O3/c1-22-28-13-12-27(17-26(28)15-16-41-22)37(20-36(3,4)5)33(48)46(34(45-37)44-35(49)50-19-24-9-7-6-8-10-24)23(2)25-11-14-29(38)30(18-25)47-32(31(39)40)42-21-43-47/h6-18,21,23,31H,19-20H2,1-5H3,(H,44,45,49)/t23-,37+/m0/s1. The van der Waals surface area contributed by atoms with E-state index in [-0.39, 0.29) is 29.2 Å². The number of alkyl halides is 2. The summed E-state index contributed by atoms with van der Waals surface area (Å²) in [5, 5.41) is 8.70. The molecule has 2 aromatic heterocycles. The molecular weight excluding hydrogens is 664 g/mol. The van der Waals surface area contributed by atoms with Crippen molar-refractivity contribution >= 4 is 40.3 Å². The molecule has 2 atom stereocenters. The third kappa shape index (κ3) is 6.80. The molecule has 5 aromatic rings. The maximum Gasteiger partial charge on any atom is 0.414 e. The van der Waals surface area contributed by atoms with Crippen molar-refractivity contribution < 1.29 is 23.1 Å². The molecule has 3 aromatic carbocycles. The summed E-state index contributed by atoms with van der Waals surface area (Å²) in [5.74, 6) is -0.972. The minimum Gasteiger partial charge on any atom is -0.444 e. The number of nitrogens with zero attached hydrogens (tertiary/aromatic N) is 6. The van der Waals surface area contributed by atoms with Gasteiger partial charge in [-0.15, -0.1) is 0 Å². The molecule has 6 rings (SSSR count). The molecule has 0 radical (unpaired) electrons. The molecule has 50 heavy (non-hydrogen) atoms. The Balaban J connectivity index is 1.45. The lowest BCUT2D eigenvalue weighted by molar-refractivity contribution is -0.134. The van der Waals surface area contributed by atoms with Gasteiger partial charge in [-0.1, -0.05) is 80.9 Å². The second kappa shape index (κ2) is 13.6. The number of hydrogen-bond donors (Lipinski definition) is 1. The summed E-state index contributed by atoms with van der Waals surface area (Å²) in [4.78, 5) is 42.9. The summed E-state index contributed by atoms with van der Waals surface area (Å²) in [6.45, 7) is 9.73. The highest BCUT2D eigenvalue weighted by Gasteiger charge is 2.53. The lowest BCUT2D eigenvalue weighted by Crippen LogP contribution is -2.48. The number of fused-ring (bicyclic) bond motifs is 1. The molecule has 0 spiro atoms. The highest BCUT2D eigenvalue weighted by Crippen LogP contribution is 2.46. The van der Waals surface area contributed by atoms with Crippen LogP contribution in [0.3, 0.4) is 0 Å². The number of carbonyl (C=O) groups is 2. The molecule has 1 aliphatic rings. The SMILES string of the molecule is Cc1nccc2cc([C@@]3(CC(C)(C)C)N=C(NC(=O)OCc4ccccc4)N([C@@H](C)c4ccc(Cl)c(-n5ncnc5C(F)F)c4)C3=O)ccc12. The van der Waals surface area contributed by atoms with Crippen molar-refractivity contribution in [1.82, 2.24) is 30.0 Å². The van der Waals surface area contributed by atoms with Crippen LogP contribution in [0.4, 0.5) is 13.6 Å². The number of hydrogen-bond acceptors (Lipinski definition) is 7. The second-order valence-corrected chi connectivity index (χ2v) is 13.9. The maximum atomic E-state index is 15.1. The van der Waals surface area contributed by atoms with Gasteiger partial charge >= 0.3 is 6.09 Å². The van der Waals surface area contributed by atoms with Crippen LogP contribution >= 0.6 is 11.6 Å². The highest BCUT2D eigenvalue weighted by molar-refractivity contribution is 6.32. The second-order valence-electron chi connectivity index (χ2n) is 13.4. The fourth-order valence-electron chi connectivity index (χ4n) is 6.32. The zero-order valence-corrected chi connectivity index (χ0v) is 28.9. The van der Waals surface area contributed by atoms with Gasteiger partial charge in [-0.25, -0.2) is 28.2 Å². The van der Waals surface area contributed by atoms with Gasteiger partial charge in [0.15, 0.2) is 11.4 Å². The Morgan fingerprint density at radius 3 is 2.52 bits per heavy atom. The van der Waals surface area contributed by atoms with Gasteiger partial charge < -0.3 is 4.74 Å². The van der Waals surface area contributed by atoms with E-state index in [2.05, 4.69) is 20.4 Å². The number of aromatic nitrogens is 4. The van der Waals surface area contributed by atoms with E-state index in [1.165, 1.54) is 4.90 Å². The van der Waals surface area contributed by atoms with Gasteiger partial charge in [0.2, 0.25) is 5.96 Å². The van der Waals surface area contributed by atoms with Crippen molar-refractivity contribution in [1.29, 1.82) is 0 Å². The third-order valence-electron chi connectivity index (χ3n) is 8.59. The number of pyridine rings is 1.